The second-order valence-corrected chi connectivity index (χ2v) is 6.34. The van der Waals surface area contributed by atoms with Crippen LogP contribution in [-0.2, 0) is 7.05 Å². The molecular weight excluding hydrogens is 318 g/mol. The normalized spacial score (nSPS) is 20.2. The molecule has 0 saturated carbocycles. The minimum atomic E-state index is -0.103. The molecular formula is C17H19N7O. The van der Waals surface area contributed by atoms with Gasteiger partial charge in [-0.15, -0.1) is 5.10 Å². The Labute approximate surface area is 144 Å². The van der Waals surface area contributed by atoms with E-state index in [4.69, 9.17) is 5.73 Å². The first-order chi connectivity index (χ1) is 12.1. The van der Waals surface area contributed by atoms with E-state index in [9.17, 15) is 4.79 Å². The highest BCUT2D eigenvalue weighted by molar-refractivity contribution is 5.94. The highest BCUT2D eigenvalue weighted by Gasteiger charge is 2.35. The molecule has 1 aliphatic rings. The molecule has 1 aliphatic heterocycles. The number of hydrogen-bond acceptors (Lipinski definition) is 5. The van der Waals surface area contributed by atoms with Crippen molar-refractivity contribution < 1.29 is 4.79 Å². The maximum atomic E-state index is 12.8. The van der Waals surface area contributed by atoms with Crippen LogP contribution in [0.15, 0.2) is 49.2 Å². The van der Waals surface area contributed by atoms with Gasteiger partial charge in [0.05, 0.1) is 30.1 Å². The quantitative estimate of drug-likeness (QED) is 0.754. The molecule has 1 aromatic carbocycles. The van der Waals surface area contributed by atoms with Crippen molar-refractivity contribution in [3.63, 3.8) is 0 Å². The monoisotopic (exact) mass is 337 g/mol. The van der Waals surface area contributed by atoms with E-state index in [1.165, 1.54) is 0 Å². The maximum absolute atomic E-state index is 12.8. The summed E-state index contributed by atoms with van der Waals surface area (Å²) in [6, 6.07) is 7.22. The predicted molar refractivity (Wildman–Crippen MR) is 91.2 cm³/mol. The summed E-state index contributed by atoms with van der Waals surface area (Å²) in [5, 5.41) is 7.72. The Balaban J connectivity index is 1.49. The Morgan fingerprint density at radius 3 is 2.68 bits per heavy atom. The van der Waals surface area contributed by atoms with Crippen LogP contribution in [-0.4, -0.2) is 54.5 Å². The van der Waals surface area contributed by atoms with Gasteiger partial charge in [-0.3, -0.25) is 4.79 Å². The number of aryl methyl sites for hydroxylation is 1. The lowest BCUT2D eigenvalue weighted by Gasteiger charge is -2.16. The van der Waals surface area contributed by atoms with Crippen LogP contribution in [0.2, 0.25) is 0 Å². The number of aromatic nitrogens is 5. The summed E-state index contributed by atoms with van der Waals surface area (Å²) in [4.78, 5) is 19.0. The number of carbonyl (C=O) groups is 1. The average molecular weight is 337 g/mol. The summed E-state index contributed by atoms with van der Waals surface area (Å²) in [5.74, 6) is 0.0543. The number of likely N-dealkylation sites (tertiary alicyclic amines) is 1. The smallest absolute Gasteiger partial charge is 0.253 e. The Morgan fingerprint density at radius 2 is 2.04 bits per heavy atom. The van der Waals surface area contributed by atoms with Crippen LogP contribution in [0.25, 0.3) is 5.69 Å². The van der Waals surface area contributed by atoms with Gasteiger partial charge in [-0.2, -0.15) is 0 Å². The topological polar surface area (TPSA) is 94.9 Å². The molecule has 25 heavy (non-hydrogen) atoms. The van der Waals surface area contributed by atoms with Gasteiger partial charge in [-0.1, -0.05) is 5.21 Å². The number of imidazole rings is 1. The predicted octanol–water partition coefficient (Wildman–Crippen LogP) is 0.568. The lowest BCUT2D eigenvalue weighted by molar-refractivity contribution is 0.0789. The van der Waals surface area contributed by atoms with Gasteiger partial charge in [-0.05, 0) is 24.3 Å². The van der Waals surface area contributed by atoms with Crippen LogP contribution >= 0.6 is 0 Å². The van der Waals surface area contributed by atoms with Gasteiger partial charge in [0.25, 0.3) is 5.91 Å². The summed E-state index contributed by atoms with van der Waals surface area (Å²) < 4.78 is 3.55. The Morgan fingerprint density at radius 1 is 1.24 bits per heavy atom. The van der Waals surface area contributed by atoms with Crippen molar-refractivity contribution in [2.45, 2.75) is 12.0 Å². The highest BCUT2D eigenvalue weighted by Crippen LogP contribution is 2.26. The molecule has 0 unspecified atom stereocenters. The molecule has 1 saturated heterocycles. The van der Waals surface area contributed by atoms with Crippen LogP contribution < -0.4 is 5.73 Å². The lowest BCUT2D eigenvalue weighted by atomic mass is 10.0. The van der Waals surface area contributed by atoms with E-state index in [1.807, 2.05) is 29.9 Å². The lowest BCUT2D eigenvalue weighted by Crippen LogP contribution is -2.32. The Kier molecular flexibility index (Phi) is 3.81. The van der Waals surface area contributed by atoms with E-state index in [1.54, 1.807) is 40.4 Å². The first-order valence-electron chi connectivity index (χ1n) is 8.11. The zero-order valence-electron chi connectivity index (χ0n) is 13.9. The third-order valence-electron chi connectivity index (χ3n) is 4.56. The molecule has 0 bridgehead atoms. The first kappa shape index (κ1) is 15.5. The van der Waals surface area contributed by atoms with E-state index in [-0.39, 0.29) is 17.9 Å². The van der Waals surface area contributed by atoms with Gasteiger partial charge in [0, 0.05) is 43.9 Å². The van der Waals surface area contributed by atoms with E-state index in [0.717, 1.165) is 11.4 Å². The van der Waals surface area contributed by atoms with Gasteiger partial charge < -0.3 is 15.2 Å². The maximum Gasteiger partial charge on any atom is 0.253 e. The number of rotatable bonds is 3. The molecule has 2 aromatic heterocycles. The van der Waals surface area contributed by atoms with Crippen molar-refractivity contribution in [1.82, 2.24) is 29.4 Å². The summed E-state index contributed by atoms with van der Waals surface area (Å²) in [6.07, 6.45) is 7.09. The summed E-state index contributed by atoms with van der Waals surface area (Å²) in [7, 11) is 1.93. The third-order valence-corrected chi connectivity index (χ3v) is 4.56. The second-order valence-electron chi connectivity index (χ2n) is 6.34. The van der Waals surface area contributed by atoms with Gasteiger partial charge in [0.15, 0.2) is 0 Å². The minimum Gasteiger partial charge on any atom is -0.340 e. The molecule has 1 amide bonds. The summed E-state index contributed by atoms with van der Waals surface area (Å²) >= 11 is 0. The van der Waals surface area contributed by atoms with Crippen molar-refractivity contribution in [1.29, 1.82) is 0 Å². The second kappa shape index (κ2) is 6.14. The van der Waals surface area contributed by atoms with Crippen molar-refractivity contribution >= 4 is 5.91 Å². The van der Waals surface area contributed by atoms with E-state index < -0.39 is 0 Å². The van der Waals surface area contributed by atoms with E-state index in [2.05, 4.69) is 15.3 Å². The first-order valence-corrected chi connectivity index (χ1v) is 8.11. The van der Waals surface area contributed by atoms with Crippen LogP contribution in [0.1, 0.15) is 22.0 Å². The van der Waals surface area contributed by atoms with Gasteiger partial charge in [0.2, 0.25) is 0 Å². The average Bonchev–Trinajstić information content (AvgIpc) is 3.35. The molecule has 3 aromatic rings. The molecule has 128 valence electrons. The molecule has 0 radical (unpaired) electrons. The van der Waals surface area contributed by atoms with Crippen molar-refractivity contribution in [2.75, 3.05) is 13.1 Å². The minimum absolute atomic E-state index is 0.0148. The van der Waals surface area contributed by atoms with Crippen LogP contribution in [0, 0.1) is 0 Å². The fourth-order valence-electron chi connectivity index (χ4n) is 3.22. The van der Waals surface area contributed by atoms with Crippen molar-refractivity contribution in [3.8, 4) is 5.69 Å². The van der Waals surface area contributed by atoms with Crippen LogP contribution in [0.3, 0.4) is 0 Å². The number of carbonyl (C=O) groups excluding carboxylic acids is 1. The van der Waals surface area contributed by atoms with Crippen molar-refractivity contribution in [2.24, 2.45) is 12.8 Å². The summed E-state index contributed by atoms with van der Waals surface area (Å²) in [6.45, 7) is 1.12. The largest absolute Gasteiger partial charge is 0.340 e. The van der Waals surface area contributed by atoms with Crippen LogP contribution in [0.5, 0.6) is 0 Å². The fourth-order valence-corrected chi connectivity index (χ4v) is 3.22. The van der Waals surface area contributed by atoms with Gasteiger partial charge in [-0.25, -0.2) is 9.67 Å². The number of amides is 1. The molecule has 8 heteroatoms. The molecule has 8 nitrogen and oxygen atoms in total. The molecule has 0 aliphatic carbocycles. The number of hydrogen-bond donors (Lipinski definition) is 1. The highest BCUT2D eigenvalue weighted by atomic mass is 16.2. The van der Waals surface area contributed by atoms with Gasteiger partial charge in [0.1, 0.15) is 0 Å². The molecule has 4 rings (SSSR count). The van der Waals surface area contributed by atoms with Crippen LogP contribution in [0.4, 0.5) is 0 Å². The number of nitrogens with zero attached hydrogens (tertiary/aromatic N) is 6. The molecule has 3 heterocycles. The third kappa shape index (κ3) is 2.91. The molecule has 0 spiro atoms. The molecule has 1 fully saturated rings. The fraction of sp³-hybridized carbons (Fsp3) is 0.294. The van der Waals surface area contributed by atoms with E-state index >= 15 is 0 Å². The number of nitrogens with two attached hydrogens (primary N) is 1. The molecule has 2 atom stereocenters. The van der Waals surface area contributed by atoms with Crippen molar-refractivity contribution in [3.05, 3.63) is 60.4 Å². The molecule has 2 N–H and O–H groups in total. The number of benzene rings is 1. The zero-order valence-corrected chi connectivity index (χ0v) is 13.9. The summed E-state index contributed by atoms with van der Waals surface area (Å²) in [5.41, 5.74) is 8.69. The van der Waals surface area contributed by atoms with E-state index in [0.29, 0.717) is 18.7 Å². The Hall–Kier alpha value is -3.00. The SMILES string of the molecule is Cn1cnc([C@@H]2CN(C(=O)c3ccc(-n4ccnn4)cc3)C[C@H]2N)c1. The zero-order chi connectivity index (χ0) is 17.4. The Bertz CT molecular complexity index is 869. The van der Waals surface area contributed by atoms with Gasteiger partial charge >= 0.3 is 0 Å². The standard InChI is InChI=1S/C17H19N7O/c1-22-10-16(19-11-22)14-8-23(9-15(14)18)17(25)12-2-4-13(5-3-12)24-7-6-20-21-24/h2-7,10-11,14-15H,8-9,18H2,1H3/t14-,15-/m1/s1.